The van der Waals surface area contributed by atoms with E-state index in [0.29, 0.717) is 0 Å². The quantitative estimate of drug-likeness (QED) is 0.815. The summed E-state index contributed by atoms with van der Waals surface area (Å²) in [6, 6.07) is 7.92. The predicted octanol–water partition coefficient (Wildman–Crippen LogP) is 2.62. The molecule has 0 saturated carbocycles. The van der Waals surface area contributed by atoms with Gasteiger partial charge >= 0.3 is 0 Å². The average Bonchev–Trinajstić information content (AvgIpc) is 2.81. The summed E-state index contributed by atoms with van der Waals surface area (Å²) in [5.41, 5.74) is 6.96. The first-order chi connectivity index (χ1) is 9.13. The largest absolute Gasteiger partial charge is 0.376 e. The average molecular weight is 257 g/mol. The van der Waals surface area contributed by atoms with Gasteiger partial charge in [0.05, 0.1) is 12.3 Å². The van der Waals surface area contributed by atoms with E-state index in [-0.39, 0.29) is 12.5 Å². The Labute approximate surface area is 113 Å². The zero-order valence-electron chi connectivity index (χ0n) is 11.4. The van der Waals surface area contributed by atoms with Crippen molar-refractivity contribution < 1.29 is 4.79 Å². The monoisotopic (exact) mass is 257 g/mol. The van der Waals surface area contributed by atoms with Crippen molar-refractivity contribution in [1.82, 2.24) is 5.43 Å². The molecule has 0 unspecified atom stereocenters. The molecule has 0 heterocycles. The van der Waals surface area contributed by atoms with E-state index in [2.05, 4.69) is 22.8 Å². The molecule has 1 aromatic rings. The van der Waals surface area contributed by atoms with E-state index in [1.807, 2.05) is 37.3 Å². The van der Waals surface area contributed by atoms with Gasteiger partial charge in [0.1, 0.15) is 0 Å². The summed E-state index contributed by atoms with van der Waals surface area (Å²) < 4.78 is 0. The van der Waals surface area contributed by atoms with Crippen LogP contribution >= 0.6 is 0 Å². The lowest BCUT2D eigenvalue weighted by atomic mass is 10.2. The van der Waals surface area contributed by atoms with Gasteiger partial charge in [-0.25, -0.2) is 5.43 Å². The molecule has 4 heteroatoms. The van der Waals surface area contributed by atoms with Gasteiger partial charge in [-0.05, 0) is 44.9 Å². The third-order valence-electron chi connectivity index (χ3n) is 3.02. The second-order valence-electron chi connectivity index (χ2n) is 4.85. The molecule has 1 aromatic carbocycles. The zero-order chi connectivity index (χ0) is 13.7. The van der Waals surface area contributed by atoms with Crippen molar-refractivity contribution in [3.8, 4) is 0 Å². The summed E-state index contributed by atoms with van der Waals surface area (Å²) in [6.45, 7) is 4.33. The molecule has 100 valence electrons. The fourth-order valence-electron chi connectivity index (χ4n) is 1.87. The highest BCUT2D eigenvalue weighted by molar-refractivity contribution is 5.98. The lowest BCUT2D eigenvalue weighted by molar-refractivity contribution is -0.119. The van der Waals surface area contributed by atoms with E-state index >= 15 is 0 Å². The van der Waals surface area contributed by atoms with Gasteiger partial charge in [-0.3, -0.25) is 4.79 Å². The van der Waals surface area contributed by atoms with Crippen LogP contribution in [0.5, 0.6) is 0 Å². The van der Waals surface area contributed by atoms with Crippen molar-refractivity contribution in [1.29, 1.82) is 0 Å². The Balaban J connectivity index is 1.77. The van der Waals surface area contributed by atoms with Crippen LogP contribution in [-0.2, 0) is 4.79 Å². The maximum absolute atomic E-state index is 11.6. The SMILES string of the molecule is CC1=C/C(=N/NC(=O)CNc2ccc(C)cc2)CC1. The van der Waals surface area contributed by atoms with Gasteiger partial charge in [-0.2, -0.15) is 5.10 Å². The molecule has 0 spiro atoms. The molecule has 0 atom stereocenters. The summed E-state index contributed by atoms with van der Waals surface area (Å²) >= 11 is 0. The van der Waals surface area contributed by atoms with Crippen LogP contribution in [0, 0.1) is 6.92 Å². The number of allylic oxidation sites excluding steroid dienone is 2. The molecular weight excluding hydrogens is 238 g/mol. The lowest BCUT2D eigenvalue weighted by Gasteiger charge is -2.05. The highest BCUT2D eigenvalue weighted by atomic mass is 16.2. The minimum atomic E-state index is -0.133. The Morgan fingerprint density at radius 1 is 1.21 bits per heavy atom. The van der Waals surface area contributed by atoms with E-state index in [9.17, 15) is 4.79 Å². The van der Waals surface area contributed by atoms with Gasteiger partial charge in [-0.15, -0.1) is 0 Å². The predicted molar refractivity (Wildman–Crippen MR) is 78.2 cm³/mol. The van der Waals surface area contributed by atoms with Crippen LogP contribution in [0.25, 0.3) is 0 Å². The highest BCUT2D eigenvalue weighted by Gasteiger charge is 2.07. The molecule has 4 nitrogen and oxygen atoms in total. The Hall–Kier alpha value is -2.10. The number of hydrogen-bond donors (Lipinski definition) is 2. The number of hydrogen-bond acceptors (Lipinski definition) is 3. The van der Waals surface area contributed by atoms with Crippen molar-refractivity contribution in [3.05, 3.63) is 41.5 Å². The number of benzene rings is 1. The first kappa shape index (κ1) is 13.3. The van der Waals surface area contributed by atoms with Crippen LogP contribution in [0.4, 0.5) is 5.69 Å². The summed E-state index contributed by atoms with van der Waals surface area (Å²) in [5.74, 6) is -0.133. The molecule has 0 saturated heterocycles. The van der Waals surface area contributed by atoms with Crippen LogP contribution < -0.4 is 10.7 Å². The smallest absolute Gasteiger partial charge is 0.259 e. The normalized spacial score (nSPS) is 16.3. The number of carbonyl (C=O) groups excluding carboxylic acids is 1. The van der Waals surface area contributed by atoms with E-state index in [4.69, 9.17) is 0 Å². The first-order valence-electron chi connectivity index (χ1n) is 6.46. The van der Waals surface area contributed by atoms with Gasteiger partial charge in [-0.1, -0.05) is 23.3 Å². The van der Waals surface area contributed by atoms with E-state index < -0.39 is 0 Å². The van der Waals surface area contributed by atoms with E-state index in [1.165, 1.54) is 11.1 Å². The third kappa shape index (κ3) is 4.25. The molecule has 1 amide bonds. The summed E-state index contributed by atoms with van der Waals surface area (Å²) in [4.78, 5) is 11.6. The number of hydrazone groups is 1. The topological polar surface area (TPSA) is 53.5 Å². The fraction of sp³-hybridized carbons (Fsp3) is 0.333. The fourth-order valence-corrected chi connectivity index (χ4v) is 1.87. The highest BCUT2D eigenvalue weighted by Crippen LogP contribution is 2.14. The number of amides is 1. The maximum Gasteiger partial charge on any atom is 0.259 e. The number of carbonyl (C=O) groups is 1. The van der Waals surface area contributed by atoms with Gasteiger partial charge in [0.2, 0.25) is 0 Å². The Morgan fingerprint density at radius 2 is 1.95 bits per heavy atom. The number of nitrogens with one attached hydrogen (secondary N) is 2. The van der Waals surface area contributed by atoms with Crippen molar-refractivity contribution in [2.75, 3.05) is 11.9 Å². The summed E-state index contributed by atoms with van der Waals surface area (Å²) in [5, 5.41) is 7.16. The summed E-state index contributed by atoms with van der Waals surface area (Å²) in [6.07, 6.45) is 3.97. The molecule has 0 bridgehead atoms. The van der Waals surface area contributed by atoms with Gasteiger partial charge in [0.15, 0.2) is 0 Å². The Kier molecular flexibility index (Phi) is 4.34. The van der Waals surface area contributed by atoms with Crippen molar-refractivity contribution in [3.63, 3.8) is 0 Å². The number of nitrogens with zero attached hydrogens (tertiary/aromatic N) is 1. The third-order valence-corrected chi connectivity index (χ3v) is 3.02. The van der Waals surface area contributed by atoms with Crippen LogP contribution in [0.3, 0.4) is 0 Å². The van der Waals surface area contributed by atoms with Crippen LogP contribution in [-0.4, -0.2) is 18.2 Å². The van der Waals surface area contributed by atoms with Crippen molar-refractivity contribution in [2.45, 2.75) is 26.7 Å². The zero-order valence-corrected chi connectivity index (χ0v) is 11.4. The Morgan fingerprint density at radius 3 is 2.58 bits per heavy atom. The molecule has 0 fully saturated rings. The number of rotatable bonds is 4. The first-order valence-corrected chi connectivity index (χ1v) is 6.46. The van der Waals surface area contributed by atoms with Gasteiger partial charge in [0.25, 0.3) is 5.91 Å². The van der Waals surface area contributed by atoms with Crippen LogP contribution in [0.2, 0.25) is 0 Å². The molecule has 2 rings (SSSR count). The van der Waals surface area contributed by atoms with Crippen molar-refractivity contribution in [2.24, 2.45) is 5.10 Å². The molecule has 0 radical (unpaired) electrons. The van der Waals surface area contributed by atoms with Gasteiger partial charge in [0, 0.05) is 5.69 Å². The molecule has 0 aliphatic heterocycles. The van der Waals surface area contributed by atoms with E-state index in [1.54, 1.807) is 0 Å². The Bertz CT molecular complexity index is 515. The molecule has 1 aliphatic carbocycles. The standard InChI is InChI=1S/C15H19N3O/c1-11-3-6-13(7-4-11)16-10-15(19)18-17-14-8-5-12(2)9-14/h3-4,6-7,9,16H,5,8,10H2,1-2H3,(H,18,19)/b17-14+. The number of aryl methyl sites for hydroxylation is 1. The molecule has 1 aliphatic rings. The van der Waals surface area contributed by atoms with Crippen LogP contribution in [0.1, 0.15) is 25.3 Å². The lowest BCUT2D eigenvalue weighted by Crippen LogP contribution is -2.26. The van der Waals surface area contributed by atoms with E-state index in [0.717, 1.165) is 24.2 Å². The minimum Gasteiger partial charge on any atom is -0.376 e. The summed E-state index contributed by atoms with van der Waals surface area (Å²) in [7, 11) is 0. The second-order valence-corrected chi connectivity index (χ2v) is 4.85. The number of anilines is 1. The molecule has 2 N–H and O–H groups in total. The second kappa shape index (κ2) is 6.18. The minimum absolute atomic E-state index is 0.133. The van der Waals surface area contributed by atoms with Gasteiger partial charge < -0.3 is 5.32 Å². The maximum atomic E-state index is 11.6. The molecule has 19 heavy (non-hydrogen) atoms. The molecular formula is C15H19N3O. The van der Waals surface area contributed by atoms with Crippen LogP contribution in [0.15, 0.2) is 41.0 Å². The van der Waals surface area contributed by atoms with Crippen molar-refractivity contribution >= 4 is 17.3 Å². The molecule has 0 aromatic heterocycles.